The molecule has 5 rings (SSSR count). The topological polar surface area (TPSA) is 70.6 Å². The van der Waals surface area contributed by atoms with Gasteiger partial charge >= 0.3 is 0 Å². The third-order valence-electron chi connectivity index (χ3n) is 6.20. The third kappa shape index (κ3) is 4.71. The zero-order chi connectivity index (χ0) is 24.6. The van der Waals surface area contributed by atoms with E-state index in [-0.39, 0.29) is 10.8 Å². The minimum absolute atomic E-state index is 0.131. The number of anilines is 1. The van der Waals surface area contributed by atoms with Crippen LogP contribution >= 0.6 is 22.9 Å². The predicted octanol–water partition coefficient (Wildman–Crippen LogP) is 5.64. The molecule has 6 nitrogen and oxygen atoms in total. The van der Waals surface area contributed by atoms with E-state index in [9.17, 15) is 13.2 Å². The number of sulfonamides is 1. The molecule has 0 saturated carbocycles. The summed E-state index contributed by atoms with van der Waals surface area (Å²) < 4.78 is 29.2. The molecule has 1 aromatic heterocycles. The summed E-state index contributed by atoms with van der Waals surface area (Å²) in [7, 11) is -3.86. The number of nitrogens with zero attached hydrogens (tertiary/aromatic N) is 3. The Hall–Kier alpha value is -2.78. The number of aryl methyl sites for hydroxylation is 1. The molecule has 9 heteroatoms. The van der Waals surface area contributed by atoms with Crippen LogP contribution < -0.4 is 4.90 Å². The molecule has 4 aromatic rings. The lowest BCUT2D eigenvalue weighted by molar-refractivity contribution is -0.121. The molecule has 1 unspecified atom stereocenters. The molecule has 2 heterocycles. The van der Waals surface area contributed by atoms with Gasteiger partial charge in [0.15, 0.2) is 5.13 Å². The molecule has 1 amide bonds. The van der Waals surface area contributed by atoms with Crippen LogP contribution in [0.5, 0.6) is 0 Å². The molecule has 1 saturated heterocycles. The maximum atomic E-state index is 14.0. The van der Waals surface area contributed by atoms with Crippen LogP contribution in [0.15, 0.2) is 77.7 Å². The Morgan fingerprint density at radius 2 is 1.83 bits per heavy atom. The van der Waals surface area contributed by atoms with Crippen molar-refractivity contribution in [1.29, 1.82) is 0 Å². The average Bonchev–Trinajstić information content (AvgIpc) is 3.52. The molecule has 35 heavy (non-hydrogen) atoms. The zero-order valence-electron chi connectivity index (χ0n) is 19.1. The molecule has 0 radical (unpaired) electrons. The first kappa shape index (κ1) is 23.9. The van der Waals surface area contributed by atoms with Gasteiger partial charge in [0, 0.05) is 11.6 Å². The maximum absolute atomic E-state index is 14.0. The Morgan fingerprint density at radius 3 is 2.54 bits per heavy atom. The zero-order valence-corrected chi connectivity index (χ0v) is 21.5. The number of carbonyl (C=O) groups excluding carboxylic acids is 1. The fourth-order valence-electron chi connectivity index (χ4n) is 4.39. The van der Waals surface area contributed by atoms with Gasteiger partial charge in [-0.3, -0.25) is 9.69 Å². The summed E-state index contributed by atoms with van der Waals surface area (Å²) in [5, 5.41) is 1.03. The van der Waals surface area contributed by atoms with Crippen molar-refractivity contribution in [3.63, 3.8) is 0 Å². The number of halogens is 1. The number of fused-ring (bicyclic) bond motifs is 1. The number of amides is 1. The molecule has 1 atom stereocenters. The smallest absolute Gasteiger partial charge is 0.247 e. The summed E-state index contributed by atoms with van der Waals surface area (Å²) in [6.07, 6.45) is 1.07. The number of hydrogen-bond donors (Lipinski definition) is 0. The van der Waals surface area contributed by atoms with E-state index in [4.69, 9.17) is 16.6 Å². The quantitative estimate of drug-likeness (QED) is 0.326. The second kappa shape index (κ2) is 9.70. The van der Waals surface area contributed by atoms with Gasteiger partial charge in [0.25, 0.3) is 0 Å². The molecule has 3 aromatic carbocycles. The predicted molar refractivity (Wildman–Crippen MR) is 140 cm³/mol. The molecule has 0 bridgehead atoms. The maximum Gasteiger partial charge on any atom is 0.247 e. The Labute approximate surface area is 213 Å². The van der Waals surface area contributed by atoms with Crippen LogP contribution in [-0.4, -0.2) is 36.2 Å². The Balaban J connectivity index is 1.53. The van der Waals surface area contributed by atoms with Crippen molar-refractivity contribution in [2.45, 2.75) is 37.2 Å². The molecule has 0 spiro atoms. The van der Waals surface area contributed by atoms with E-state index in [0.29, 0.717) is 36.1 Å². The van der Waals surface area contributed by atoms with Crippen LogP contribution in [0.2, 0.25) is 5.02 Å². The van der Waals surface area contributed by atoms with Crippen molar-refractivity contribution in [2.24, 2.45) is 0 Å². The van der Waals surface area contributed by atoms with E-state index in [1.165, 1.54) is 27.8 Å². The van der Waals surface area contributed by atoms with Gasteiger partial charge in [0.05, 0.1) is 21.7 Å². The van der Waals surface area contributed by atoms with Gasteiger partial charge in [0.1, 0.15) is 6.04 Å². The van der Waals surface area contributed by atoms with Crippen LogP contribution in [0, 0.1) is 6.92 Å². The van der Waals surface area contributed by atoms with E-state index < -0.39 is 16.1 Å². The van der Waals surface area contributed by atoms with E-state index in [2.05, 4.69) is 0 Å². The van der Waals surface area contributed by atoms with Gasteiger partial charge in [0.2, 0.25) is 15.9 Å². The van der Waals surface area contributed by atoms with E-state index in [1.807, 2.05) is 55.5 Å². The summed E-state index contributed by atoms with van der Waals surface area (Å²) in [4.78, 5) is 20.6. The molecule has 1 aliphatic rings. The summed E-state index contributed by atoms with van der Waals surface area (Å²) in [5.74, 6) is -0.263. The molecule has 180 valence electrons. The van der Waals surface area contributed by atoms with Crippen molar-refractivity contribution >= 4 is 54.2 Å². The lowest BCUT2D eigenvalue weighted by atomic mass is 10.1. The summed E-state index contributed by atoms with van der Waals surface area (Å²) in [5.41, 5.74) is 2.84. The SMILES string of the molecule is Cc1cccc2sc(N(Cc3ccccc3)C(=O)C3CCCN3S(=O)(=O)c3ccc(Cl)cc3)nc12. The summed E-state index contributed by atoms with van der Waals surface area (Å²) in [6.45, 7) is 2.59. The summed E-state index contributed by atoms with van der Waals surface area (Å²) in [6, 6.07) is 20.9. The first-order valence-corrected chi connectivity index (χ1v) is 14.0. The standard InChI is InChI=1S/C26H24ClN3O3S2/c1-18-7-5-11-23-24(18)28-26(34-23)29(17-19-8-3-2-4-9-19)25(31)22-10-6-16-30(22)35(32,33)21-14-12-20(27)13-15-21/h2-5,7-9,11-15,22H,6,10,16-17H2,1H3. The van der Waals surface area contributed by atoms with Gasteiger partial charge in [-0.2, -0.15) is 4.31 Å². The number of rotatable bonds is 6. The monoisotopic (exact) mass is 525 g/mol. The number of carbonyl (C=O) groups is 1. The third-order valence-corrected chi connectivity index (χ3v) is 9.42. The molecular weight excluding hydrogens is 502 g/mol. The Morgan fingerprint density at radius 1 is 1.09 bits per heavy atom. The van der Waals surface area contributed by atoms with Crippen LogP contribution in [-0.2, 0) is 21.4 Å². The van der Waals surface area contributed by atoms with Gasteiger partial charge < -0.3 is 0 Å². The van der Waals surface area contributed by atoms with Crippen molar-refractivity contribution in [2.75, 3.05) is 11.4 Å². The number of benzene rings is 3. The van der Waals surface area contributed by atoms with Gasteiger partial charge in [-0.05, 0) is 61.2 Å². The highest BCUT2D eigenvalue weighted by atomic mass is 35.5. The van der Waals surface area contributed by atoms with E-state index >= 15 is 0 Å². The second-order valence-electron chi connectivity index (χ2n) is 8.56. The number of para-hydroxylation sites is 1. The molecule has 0 aliphatic carbocycles. The molecule has 0 N–H and O–H groups in total. The molecule has 1 aliphatic heterocycles. The van der Waals surface area contributed by atoms with Crippen molar-refractivity contribution in [3.8, 4) is 0 Å². The molecular formula is C26H24ClN3O3S2. The van der Waals surface area contributed by atoms with Crippen molar-refractivity contribution < 1.29 is 13.2 Å². The number of thiazole rings is 1. The average molecular weight is 526 g/mol. The molecule has 1 fully saturated rings. The first-order valence-electron chi connectivity index (χ1n) is 11.3. The second-order valence-corrected chi connectivity index (χ2v) is 11.9. The lowest BCUT2D eigenvalue weighted by Crippen LogP contribution is -2.47. The van der Waals surface area contributed by atoms with Gasteiger partial charge in [-0.1, -0.05) is 65.4 Å². The highest BCUT2D eigenvalue weighted by molar-refractivity contribution is 7.89. The van der Waals surface area contributed by atoms with E-state index in [1.54, 1.807) is 17.0 Å². The lowest BCUT2D eigenvalue weighted by Gasteiger charge is -2.28. The number of hydrogen-bond acceptors (Lipinski definition) is 5. The van der Waals surface area contributed by atoms with Gasteiger partial charge in [-0.15, -0.1) is 0 Å². The fourth-order valence-corrected chi connectivity index (χ4v) is 7.22. The highest BCUT2D eigenvalue weighted by Gasteiger charge is 2.42. The largest absolute Gasteiger partial charge is 0.282 e. The highest BCUT2D eigenvalue weighted by Crippen LogP contribution is 2.34. The van der Waals surface area contributed by atoms with Gasteiger partial charge in [-0.25, -0.2) is 13.4 Å². The normalized spacial score (nSPS) is 16.6. The minimum Gasteiger partial charge on any atom is -0.282 e. The first-order chi connectivity index (χ1) is 16.8. The van der Waals surface area contributed by atoms with Crippen LogP contribution in [0.4, 0.5) is 5.13 Å². The number of aromatic nitrogens is 1. The van der Waals surface area contributed by atoms with Crippen molar-refractivity contribution in [1.82, 2.24) is 9.29 Å². The Bertz CT molecular complexity index is 1470. The van der Waals surface area contributed by atoms with Crippen LogP contribution in [0.1, 0.15) is 24.0 Å². The Kier molecular flexibility index (Phi) is 6.63. The summed E-state index contributed by atoms with van der Waals surface area (Å²) >= 11 is 7.40. The minimum atomic E-state index is -3.86. The van der Waals surface area contributed by atoms with Crippen molar-refractivity contribution in [3.05, 3.63) is 88.9 Å². The van der Waals surface area contributed by atoms with E-state index in [0.717, 1.165) is 21.3 Å². The van der Waals surface area contributed by atoms with Crippen LogP contribution in [0.25, 0.3) is 10.2 Å². The fraction of sp³-hybridized carbons (Fsp3) is 0.231. The van der Waals surface area contributed by atoms with Crippen LogP contribution in [0.3, 0.4) is 0 Å².